The summed E-state index contributed by atoms with van der Waals surface area (Å²) >= 11 is 0. The van der Waals surface area contributed by atoms with Crippen molar-refractivity contribution in [1.29, 1.82) is 0 Å². The van der Waals surface area contributed by atoms with Crippen LogP contribution in [0.3, 0.4) is 0 Å². The van der Waals surface area contributed by atoms with E-state index in [0.717, 1.165) is 6.61 Å². The van der Waals surface area contributed by atoms with Crippen LogP contribution in [-0.2, 0) is 14.2 Å². The number of hydrogen-bond acceptors (Lipinski definition) is 3. The van der Waals surface area contributed by atoms with Gasteiger partial charge in [0, 0.05) is 0 Å². The van der Waals surface area contributed by atoms with Crippen molar-refractivity contribution in [1.82, 2.24) is 0 Å². The second kappa shape index (κ2) is 6.35. The molecule has 0 rings (SSSR count). The first-order valence-electron chi connectivity index (χ1n) is 4.71. The molecule has 0 spiro atoms. The summed E-state index contributed by atoms with van der Waals surface area (Å²) in [6.07, 6.45) is 0. The summed E-state index contributed by atoms with van der Waals surface area (Å²) in [6.45, 7) is 11.5. The summed E-state index contributed by atoms with van der Waals surface area (Å²) in [6, 6.07) is 0. The van der Waals surface area contributed by atoms with Crippen molar-refractivity contribution in [2.45, 2.75) is 40.2 Å². The highest BCUT2D eigenvalue weighted by Crippen LogP contribution is 2.05. The van der Waals surface area contributed by atoms with Gasteiger partial charge in [-0.25, -0.2) is 0 Å². The summed E-state index contributed by atoms with van der Waals surface area (Å²) in [5.41, 5.74) is -0.141. The fourth-order valence-corrected chi connectivity index (χ4v) is 0.595. The van der Waals surface area contributed by atoms with Gasteiger partial charge in [-0.05, 0) is 26.7 Å². The summed E-state index contributed by atoms with van der Waals surface area (Å²) in [5.74, 6) is 0.548. The highest BCUT2D eigenvalue weighted by Gasteiger charge is 2.08. The van der Waals surface area contributed by atoms with Crippen LogP contribution in [0.1, 0.15) is 34.6 Å². The van der Waals surface area contributed by atoms with Crippen LogP contribution in [0.15, 0.2) is 0 Å². The molecular formula is C10H22O3. The molecule has 0 aromatic rings. The Morgan fingerprint density at radius 2 is 1.62 bits per heavy atom. The van der Waals surface area contributed by atoms with Gasteiger partial charge < -0.3 is 14.2 Å². The molecule has 0 atom stereocenters. The molecule has 0 unspecified atom stereocenters. The molecule has 80 valence electrons. The number of rotatable bonds is 6. The van der Waals surface area contributed by atoms with Crippen LogP contribution in [0.25, 0.3) is 0 Å². The van der Waals surface area contributed by atoms with E-state index in [1.807, 2.05) is 20.8 Å². The molecular weight excluding hydrogens is 168 g/mol. The van der Waals surface area contributed by atoms with Gasteiger partial charge in [0.2, 0.25) is 0 Å². The molecule has 0 bridgehead atoms. The van der Waals surface area contributed by atoms with Crippen molar-refractivity contribution >= 4 is 0 Å². The first kappa shape index (κ1) is 12.9. The quantitative estimate of drug-likeness (QED) is 0.475. The topological polar surface area (TPSA) is 27.7 Å². The van der Waals surface area contributed by atoms with E-state index >= 15 is 0 Å². The normalized spacial score (nSPS) is 12.5. The van der Waals surface area contributed by atoms with Gasteiger partial charge >= 0.3 is 0 Å². The van der Waals surface area contributed by atoms with Gasteiger partial charge in [-0.2, -0.15) is 0 Å². The minimum atomic E-state index is -0.141. The van der Waals surface area contributed by atoms with Crippen LogP contribution in [0.2, 0.25) is 0 Å². The van der Waals surface area contributed by atoms with E-state index in [1.165, 1.54) is 0 Å². The minimum Gasteiger partial charge on any atom is -0.355 e. The Morgan fingerprint density at radius 3 is 2.08 bits per heavy atom. The molecule has 13 heavy (non-hydrogen) atoms. The summed E-state index contributed by atoms with van der Waals surface area (Å²) in [4.78, 5) is 0. The summed E-state index contributed by atoms with van der Waals surface area (Å²) in [7, 11) is 0. The minimum absolute atomic E-state index is 0.141. The number of ether oxygens (including phenoxy) is 3. The zero-order chi connectivity index (χ0) is 10.3. The van der Waals surface area contributed by atoms with Gasteiger partial charge in [-0.3, -0.25) is 0 Å². The van der Waals surface area contributed by atoms with E-state index in [0.29, 0.717) is 19.5 Å². The molecule has 0 aliphatic heterocycles. The Bertz CT molecular complexity index is 116. The van der Waals surface area contributed by atoms with Crippen molar-refractivity contribution in [2.75, 3.05) is 20.2 Å². The van der Waals surface area contributed by atoms with E-state index in [9.17, 15) is 0 Å². The van der Waals surface area contributed by atoms with Gasteiger partial charge in [0.15, 0.2) is 0 Å². The Hall–Kier alpha value is -0.120. The lowest BCUT2D eigenvalue weighted by atomic mass is 10.2. The maximum Gasteiger partial charge on any atom is 0.150 e. The van der Waals surface area contributed by atoms with Crippen LogP contribution in [0, 0.1) is 5.92 Å². The third-order valence-corrected chi connectivity index (χ3v) is 1.19. The van der Waals surface area contributed by atoms with E-state index in [1.54, 1.807) is 0 Å². The Balaban J connectivity index is 3.09. The standard InChI is InChI=1S/C10H22O3/c1-9(2)6-11-7-12-8-13-10(3,4)5/h9H,6-8H2,1-5H3. The first-order chi connectivity index (χ1) is 5.92. The van der Waals surface area contributed by atoms with Gasteiger partial charge in [-0.15, -0.1) is 0 Å². The molecule has 0 amide bonds. The molecule has 0 saturated carbocycles. The van der Waals surface area contributed by atoms with Crippen LogP contribution in [0.5, 0.6) is 0 Å². The van der Waals surface area contributed by atoms with Gasteiger partial charge in [0.05, 0.1) is 12.2 Å². The molecule has 0 aliphatic rings. The SMILES string of the molecule is CC(C)COCOCOC(C)(C)C. The van der Waals surface area contributed by atoms with Gasteiger partial charge in [0.1, 0.15) is 13.6 Å². The third-order valence-electron chi connectivity index (χ3n) is 1.19. The lowest BCUT2D eigenvalue weighted by Gasteiger charge is -2.19. The Labute approximate surface area is 81.4 Å². The molecule has 3 heteroatoms. The van der Waals surface area contributed by atoms with Crippen molar-refractivity contribution in [3.63, 3.8) is 0 Å². The van der Waals surface area contributed by atoms with Gasteiger partial charge in [0.25, 0.3) is 0 Å². The van der Waals surface area contributed by atoms with E-state index in [4.69, 9.17) is 14.2 Å². The molecule has 0 heterocycles. The largest absolute Gasteiger partial charge is 0.355 e. The lowest BCUT2D eigenvalue weighted by molar-refractivity contribution is -0.169. The average molecular weight is 190 g/mol. The molecule has 0 radical (unpaired) electrons. The maximum absolute atomic E-state index is 5.33. The molecule has 3 nitrogen and oxygen atoms in total. The van der Waals surface area contributed by atoms with Crippen molar-refractivity contribution in [3.05, 3.63) is 0 Å². The van der Waals surface area contributed by atoms with Crippen molar-refractivity contribution in [3.8, 4) is 0 Å². The molecule has 0 aliphatic carbocycles. The van der Waals surface area contributed by atoms with Crippen LogP contribution < -0.4 is 0 Å². The molecule has 0 aromatic carbocycles. The number of hydrogen-bond donors (Lipinski definition) is 0. The van der Waals surface area contributed by atoms with E-state index < -0.39 is 0 Å². The lowest BCUT2D eigenvalue weighted by Crippen LogP contribution is -2.21. The highest BCUT2D eigenvalue weighted by atomic mass is 16.7. The van der Waals surface area contributed by atoms with E-state index in [-0.39, 0.29) is 5.60 Å². The smallest absolute Gasteiger partial charge is 0.150 e. The molecule has 0 saturated heterocycles. The predicted octanol–water partition coefficient (Wildman–Crippen LogP) is 2.41. The summed E-state index contributed by atoms with van der Waals surface area (Å²) < 4.78 is 15.7. The van der Waals surface area contributed by atoms with Gasteiger partial charge in [-0.1, -0.05) is 13.8 Å². The Kier molecular flexibility index (Phi) is 6.29. The van der Waals surface area contributed by atoms with Crippen LogP contribution >= 0.6 is 0 Å². The Morgan fingerprint density at radius 1 is 1.00 bits per heavy atom. The molecule has 0 aromatic heterocycles. The molecule has 0 fully saturated rings. The fourth-order valence-electron chi connectivity index (χ4n) is 0.595. The zero-order valence-corrected chi connectivity index (χ0v) is 9.42. The average Bonchev–Trinajstić information content (AvgIpc) is 1.93. The van der Waals surface area contributed by atoms with Crippen LogP contribution in [0.4, 0.5) is 0 Å². The fraction of sp³-hybridized carbons (Fsp3) is 1.00. The van der Waals surface area contributed by atoms with Crippen molar-refractivity contribution in [2.24, 2.45) is 5.92 Å². The predicted molar refractivity (Wildman–Crippen MR) is 52.4 cm³/mol. The van der Waals surface area contributed by atoms with Crippen molar-refractivity contribution < 1.29 is 14.2 Å². The van der Waals surface area contributed by atoms with E-state index in [2.05, 4.69) is 13.8 Å². The zero-order valence-electron chi connectivity index (χ0n) is 9.42. The highest BCUT2D eigenvalue weighted by molar-refractivity contribution is 4.56. The second-order valence-electron chi connectivity index (χ2n) is 4.46. The first-order valence-corrected chi connectivity index (χ1v) is 4.71. The maximum atomic E-state index is 5.33. The summed E-state index contributed by atoms with van der Waals surface area (Å²) in [5, 5.41) is 0. The second-order valence-corrected chi connectivity index (χ2v) is 4.46. The van der Waals surface area contributed by atoms with Crippen LogP contribution in [-0.4, -0.2) is 25.8 Å². The molecule has 0 N–H and O–H groups in total. The third kappa shape index (κ3) is 11.9. The monoisotopic (exact) mass is 190 g/mol.